The molecule has 1 N–H and O–H groups in total. The molecule has 0 aliphatic heterocycles. The van der Waals surface area contributed by atoms with Crippen LogP contribution >= 0.6 is 11.6 Å². The van der Waals surface area contributed by atoms with Crippen molar-refractivity contribution in [1.82, 2.24) is 4.57 Å². The number of fused-ring (bicyclic) bond motifs is 1. The average Bonchev–Trinajstić information content (AvgIpc) is 2.71. The molecule has 0 fully saturated rings. The summed E-state index contributed by atoms with van der Waals surface area (Å²) in [4.78, 5) is 4.39. The quantitative estimate of drug-likeness (QED) is 0.690. The van der Waals surface area contributed by atoms with Gasteiger partial charge in [0.15, 0.2) is 0 Å². The fourth-order valence-electron chi connectivity index (χ4n) is 2.45. The standard InChI is InChI=1S/C17H15ClN2O/c1-11-14(13-5-3-4-6-16(13)20(11)2)10-19-15-8-7-12(18)9-17(15)21/h3-10,21H,1-2H3. The molecule has 3 rings (SSSR count). The molecule has 0 amide bonds. The maximum absolute atomic E-state index is 9.85. The number of phenols is 1. The zero-order valence-corrected chi connectivity index (χ0v) is 12.6. The molecular weight excluding hydrogens is 284 g/mol. The van der Waals surface area contributed by atoms with Crippen LogP contribution in [0.4, 0.5) is 5.69 Å². The highest BCUT2D eigenvalue weighted by Crippen LogP contribution is 2.30. The molecule has 0 aliphatic rings. The van der Waals surface area contributed by atoms with Crippen LogP contribution in [0.25, 0.3) is 10.9 Å². The van der Waals surface area contributed by atoms with Gasteiger partial charge in [0.25, 0.3) is 0 Å². The third-order valence-corrected chi connectivity index (χ3v) is 3.95. The third-order valence-electron chi connectivity index (χ3n) is 3.72. The Bertz CT molecular complexity index is 849. The third kappa shape index (κ3) is 2.41. The van der Waals surface area contributed by atoms with Crippen LogP contribution in [0.1, 0.15) is 11.3 Å². The van der Waals surface area contributed by atoms with Crippen LogP contribution in [0, 0.1) is 6.92 Å². The minimum Gasteiger partial charge on any atom is -0.506 e. The number of phenolic OH excluding ortho intramolecular Hbond substituents is 1. The molecule has 1 aromatic heterocycles. The minimum atomic E-state index is 0.0802. The molecule has 0 saturated heterocycles. The number of benzene rings is 2. The summed E-state index contributed by atoms with van der Waals surface area (Å²) in [5, 5.41) is 11.5. The maximum Gasteiger partial charge on any atom is 0.142 e. The van der Waals surface area contributed by atoms with E-state index in [2.05, 4.69) is 28.6 Å². The van der Waals surface area contributed by atoms with Gasteiger partial charge in [0, 0.05) is 46.5 Å². The minimum absolute atomic E-state index is 0.0802. The molecule has 0 unspecified atom stereocenters. The highest BCUT2D eigenvalue weighted by atomic mass is 35.5. The number of hydrogen-bond donors (Lipinski definition) is 1. The summed E-state index contributed by atoms with van der Waals surface area (Å²) in [6.07, 6.45) is 1.79. The zero-order valence-electron chi connectivity index (χ0n) is 11.8. The van der Waals surface area contributed by atoms with E-state index in [4.69, 9.17) is 11.6 Å². The number of nitrogens with zero attached hydrogens (tertiary/aromatic N) is 2. The SMILES string of the molecule is Cc1c(C=Nc2ccc(Cl)cc2O)c2ccccc2n1C. The van der Waals surface area contributed by atoms with E-state index in [1.807, 2.05) is 19.2 Å². The fourth-order valence-corrected chi connectivity index (χ4v) is 2.62. The largest absolute Gasteiger partial charge is 0.506 e. The number of para-hydroxylation sites is 1. The summed E-state index contributed by atoms with van der Waals surface area (Å²) in [6.45, 7) is 2.06. The number of aromatic hydroxyl groups is 1. The van der Waals surface area contributed by atoms with Crippen molar-refractivity contribution in [2.24, 2.45) is 12.0 Å². The Kier molecular flexibility index (Phi) is 3.43. The lowest BCUT2D eigenvalue weighted by Gasteiger charge is -2.00. The highest BCUT2D eigenvalue weighted by Gasteiger charge is 2.09. The Morgan fingerprint density at radius 1 is 1.19 bits per heavy atom. The van der Waals surface area contributed by atoms with Gasteiger partial charge >= 0.3 is 0 Å². The van der Waals surface area contributed by atoms with E-state index < -0.39 is 0 Å². The summed E-state index contributed by atoms with van der Waals surface area (Å²) >= 11 is 5.83. The van der Waals surface area contributed by atoms with Crippen molar-refractivity contribution in [1.29, 1.82) is 0 Å². The van der Waals surface area contributed by atoms with Gasteiger partial charge in [-0.25, -0.2) is 0 Å². The second-order valence-corrected chi connectivity index (χ2v) is 5.40. The monoisotopic (exact) mass is 298 g/mol. The topological polar surface area (TPSA) is 37.5 Å². The average molecular weight is 299 g/mol. The molecule has 3 aromatic rings. The molecule has 0 aliphatic carbocycles. The second-order valence-electron chi connectivity index (χ2n) is 4.97. The van der Waals surface area contributed by atoms with Crippen molar-refractivity contribution >= 4 is 34.4 Å². The van der Waals surface area contributed by atoms with Crippen molar-refractivity contribution < 1.29 is 5.11 Å². The van der Waals surface area contributed by atoms with Crippen LogP contribution in [0.15, 0.2) is 47.5 Å². The molecular formula is C17H15ClN2O. The number of aliphatic imine (C=N–C) groups is 1. The van der Waals surface area contributed by atoms with Crippen LogP contribution in [0.3, 0.4) is 0 Å². The van der Waals surface area contributed by atoms with Gasteiger partial charge in [-0.05, 0) is 25.1 Å². The van der Waals surface area contributed by atoms with E-state index in [9.17, 15) is 5.11 Å². The summed E-state index contributed by atoms with van der Waals surface area (Å²) in [5.41, 5.74) is 3.86. The van der Waals surface area contributed by atoms with Crippen LogP contribution in [-0.4, -0.2) is 15.9 Å². The molecule has 0 radical (unpaired) electrons. The molecule has 1 heterocycles. The van der Waals surface area contributed by atoms with Crippen molar-refractivity contribution in [2.45, 2.75) is 6.92 Å². The molecule has 21 heavy (non-hydrogen) atoms. The van der Waals surface area contributed by atoms with E-state index in [0.29, 0.717) is 10.7 Å². The Hall–Kier alpha value is -2.26. The normalized spacial score (nSPS) is 11.6. The van der Waals surface area contributed by atoms with E-state index in [1.165, 1.54) is 6.07 Å². The first-order valence-corrected chi connectivity index (χ1v) is 7.02. The van der Waals surface area contributed by atoms with Crippen LogP contribution in [0.2, 0.25) is 5.02 Å². The molecule has 106 valence electrons. The Labute approximate surface area is 128 Å². The van der Waals surface area contributed by atoms with E-state index in [1.54, 1.807) is 18.3 Å². The molecule has 0 atom stereocenters. The predicted octanol–water partition coefficient (Wildman–Crippen LogP) is 4.60. The first kappa shape index (κ1) is 13.7. The van der Waals surface area contributed by atoms with Gasteiger partial charge < -0.3 is 9.67 Å². The van der Waals surface area contributed by atoms with E-state index in [0.717, 1.165) is 22.2 Å². The smallest absolute Gasteiger partial charge is 0.142 e. The molecule has 0 saturated carbocycles. The van der Waals surface area contributed by atoms with Crippen molar-refractivity contribution in [3.05, 3.63) is 58.7 Å². The number of aromatic nitrogens is 1. The fraction of sp³-hybridized carbons (Fsp3) is 0.118. The van der Waals surface area contributed by atoms with E-state index in [-0.39, 0.29) is 5.75 Å². The zero-order chi connectivity index (χ0) is 15.0. The number of halogens is 1. The van der Waals surface area contributed by atoms with Gasteiger partial charge in [0.2, 0.25) is 0 Å². The summed E-state index contributed by atoms with van der Waals surface area (Å²) in [5.74, 6) is 0.0802. The first-order chi connectivity index (χ1) is 10.1. The van der Waals surface area contributed by atoms with Gasteiger partial charge in [-0.15, -0.1) is 0 Å². The molecule has 0 spiro atoms. The van der Waals surface area contributed by atoms with Crippen molar-refractivity contribution in [3.63, 3.8) is 0 Å². The van der Waals surface area contributed by atoms with Gasteiger partial charge in [-0.3, -0.25) is 4.99 Å². The predicted molar refractivity (Wildman–Crippen MR) is 88.0 cm³/mol. The van der Waals surface area contributed by atoms with Gasteiger partial charge in [-0.1, -0.05) is 29.8 Å². The lowest BCUT2D eigenvalue weighted by Crippen LogP contribution is -1.91. The number of hydrogen-bond acceptors (Lipinski definition) is 2. The molecule has 0 bridgehead atoms. The second kappa shape index (κ2) is 5.26. The Morgan fingerprint density at radius 2 is 1.95 bits per heavy atom. The van der Waals surface area contributed by atoms with Crippen molar-refractivity contribution in [3.8, 4) is 5.75 Å². The molecule has 2 aromatic carbocycles. The summed E-state index contributed by atoms with van der Waals surface area (Å²) < 4.78 is 2.14. The highest BCUT2D eigenvalue weighted by molar-refractivity contribution is 6.30. The molecule has 3 nitrogen and oxygen atoms in total. The Morgan fingerprint density at radius 3 is 2.71 bits per heavy atom. The van der Waals surface area contributed by atoms with Gasteiger partial charge in [0.05, 0.1) is 0 Å². The summed E-state index contributed by atoms with van der Waals surface area (Å²) in [6, 6.07) is 13.1. The van der Waals surface area contributed by atoms with Crippen LogP contribution < -0.4 is 0 Å². The van der Waals surface area contributed by atoms with E-state index >= 15 is 0 Å². The first-order valence-electron chi connectivity index (χ1n) is 6.64. The summed E-state index contributed by atoms with van der Waals surface area (Å²) in [7, 11) is 2.04. The lowest BCUT2D eigenvalue weighted by molar-refractivity contribution is 0.477. The van der Waals surface area contributed by atoms with Crippen LogP contribution in [-0.2, 0) is 7.05 Å². The van der Waals surface area contributed by atoms with Gasteiger partial charge in [0.1, 0.15) is 11.4 Å². The molecule has 4 heteroatoms. The van der Waals surface area contributed by atoms with Crippen molar-refractivity contribution in [2.75, 3.05) is 0 Å². The Balaban J connectivity index is 2.09. The maximum atomic E-state index is 9.85. The lowest BCUT2D eigenvalue weighted by atomic mass is 10.1. The number of rotatable bonds is 2. The number of aryl methyl sites for hydroxylation is 1. The van der Waals surface area contributed by atoms with Crippen LogP contribution in [0.5, 0.6) is 5.75 Å². The van der Waals surface area contributed by atoms with Gasteiger partial charge in [-0.2, -0.15) is 0 Å².